The maximum atomic E-state index is 5.91. The highest BCUT2D eigenvalue weighted by Crippen LogP contribution is 2.22. The molecule has 0 saturated carbocycles. The van der Waals surface area contributed by atoms with E-state index in [1.54, 1.807) is 6.20 Å². The van der Waals surface area contributed by atoms with Gasteiger partial charge in [-0.2, -0.15) is 0 Å². The quantitative estimate of drug-likeness (QED) is 0.603. The summed E-state index contributed by atoms with van der Waals surface area (Å²) in [6.45, 7) is 10.3. The molecule has 0 fully saturated rings. The van der Waals surface area contributed by atoms with Crippen LogP contribution in [0.15, 0.2) is 39.9 Å². The Balaban J connectivity index is 1.89. The lowest BCUT2D eigenvalue weighted by molar-refractivity contribution is 0.383. The van der Waals surface area contributed by atoms with E-state index in [9.17, 15) is 0 Å². The van der Waals surface area contributed by atoms with Crippen LogP contribution in [0.2, 0.25) is 5.02 Å². The average molecular weight is 363 g/mol. The van der Waals surface area contributed by atoms with Gasteiger partial charge in [0, 0.05) is 23.5 Å². The molecule has 1 aromatic carbocycles. The van der Waals surface area contributed by atoms with Gasteiger partial charge in [0.05, 0.1) is 6.20 Å². The molecule has 1 heterocycles. The number of aromatic nitrogens is 1. The van der Waals surface area contributed by atoms with E-state index in [4.69, 9.17) is 16.0 Å². The molecule has 0 amide bonds. The third kappa shape index (κ3) is 6.42. The lowest BCUT2D eigenvalue weighted by atomic mass is 9.94. The topological polar surface area (TPSA) is 62.5 Å². The van der Waals surface area contributed by atoms with Crippen molar-refractivity contribution in [3.8, 4) is 0 Å². The van der Waals surface area contributed by atoms with Crippen molar-refractivity contribution in [2.24, 2.45) is 4.99 Å². The van der Waals surface area contributed by atoms with Crippen molar-refractivity contribution in [3.05, 3.63) is 52.7 Å². The summed E-state index contributed by atoms with van der Waals surface area (Å²) in [6.07, 6.45) is 2.68. The number of guanidine groups is 1. The zero-order valence-corrected chi connectivity index (χ0v) is 16.2. The monoisotopic (exact) mass is 362 g/mol. The number of benzene rings is 1. The molecule has 0 atom stereocenters. The van der Waals surface area contributed by atoms with Crippen LogP contribution in [0.25, 0.3) is 0 Å². The number of rotatable bonds is 6. The van der Waals surface area contributed by atoms with Crippen LogP contribution < -0.4 is 10.6 Å². The van der Waals surface area contributed by atoms with Crippen molar-refractivity contribution in [2.75, 3.05) is 13.1 Å². The fraction of sp³-hybridized carbons (Fsp3) is 0.474. The van der Waals surface area contributed by atoms with Crippen LogP contribution in [0.4, 0.5) is 0 Å². The first-order valence-electron chi connectivity index (χ1n) is 8.60. The lowest BCUT2D eigenvalue weighted by Gasteiger charge is -2.13. The summed E-state index contributed by atoms with van der Waals surface area (Å²) >= 11 is 5.91. The molecule has 25 heavy (non-hydrogen) atoms. The Hall–Kier alpha value is -2.01. The lowest BCUT2D eigenvalue weighted by Crippen LogP contribution is -2.38. The molecule has 0 spiro atoms. The fourth-order valence-corrected chi connectivity index (χ4v) is 2.32. The van der Waals surface area contributed by atoms with Crippen LogP contribution in [0.1, 0.15) is 44.9 Å². The summed E-state index contributed by atoms with van der Waals surface area (Å²) in [4.78, 5) is 8.85. The van der Waals surface area contributed by atoms with Crippen LogP contribution in [0.3, 0.4) is 0 Å². The van der Waals surface area contributed by atoms with E-state index in [0.717, 1.165) is 36.3 Å². The normalized spacial score (nSPS) is 12.3. The van der Waals surface area contributed by atoms with Gasteiger partial charge >= 0.3 is 0 Å². The van der Waals surface area contributed by atoms with Crippen molar-refractivity contribution in [3.63, 3.8) is 0 Å². The molecule has 1 aromatic heterocycles. The van der Waals surface area contributed by atoms with Gasteiger partial charge in [-0.25, -0.2) is 9.98 Å². The summed E-state index contributed by atoms with van der Waals surface area (Å²) in [5, 5.41) is 7.32. The fourth-order valence-electron chi connectivity index (χ4n) is 2.19. The van der Waals surface area contributed by atoms with Gasteiger partial charge in [-0.15, -0.1) is 0 Å². The van der Waals surface area contributed by atoms with Crippen molar-refractivity contribution in [1.29, 1.82) is 0 Å². The van der Waals surface area contributed by atoms with Gasteiger partial charge in [0.15, 0.2) is 5.96 Å². The molecule has 2 rings (SSSR count). The van der Waals surface area contributed by atoms with Crippen molar-refractivity contribution < 1.29 is 4.42 Å². The second-order valence-electron chi connectivity index (χ2n) is 6.87. The highest BCUT2D eigenvalue weighted by Gasteiger charge is 2.18. The summed E-state index contributed by atoms with van der Waals surface area (Å²) in [5.41, 5.74) is 1.19. The second kappa shape index (κ2) is 8.90. The smallest absolute Gasteiger partial charge is 0.216 e. The van der Waals surface area contributed by atoms with Gasteiger partial charge in [0.1, 0.15) is 12.3 Å². The van der Waals surface area contributed by atoms with Gasteiger partial charge < -0.3 is 15.1 Å². The Morgan fingerprint density at radius 1 is 1.20 bits per heavy atom. The Morgan fingerprint density at radius 2 is 1.92 bits per heavy atom. The molecule has 0 aliphatic heterocycles. The zero-order chi connectivity index (χ0) is 18.3. The minimum Gasteiger partial charge on any atom is -0.443 e. The number of nitrogens with one attached hydrogen (secondary N) is 2. The Morgan fingerprint density at radius 3 is 2.52 bits per heavy atom. The van der Waals surface area contributed by atoms with E-state index in [2.05, 4.69) is 41.4 Å². The first kappa shape index (κ1) is 19.3. The molecule has 5 nitrogen and oxygen atoms in total. The molecule has 2 aromatic rings. The number of aliphatic imine (C=N–C) groups is 1. The van der Waals surface area contributed by atoms with Gasteiger partial charge in [0.2, 0.25) is 5.89 Å². The molecule has 0 aliphatic carbocycles. The number of hydrogen-bond acceptors (Lipinski definition) is 3. The molecule has 0 radical (unpaired) electrons. The SMILES string of the molecule is CCNC(=NCc1ncc(C(C)(C)C)o1)NCCc1ccc(Cl)cc1. The molecule has 136 valence electrons. The Kier molecular flexibility index (Phi) is 6.88. The number of nitrogens with zero attached hydrogens (tertiary/aromatic N) is 2. The molecule has 6 heteroatoms. The number of halogens is 1. The maximum absolute atomic E-state index is 5.91. The predicted molar refractivity (Wildman–Crippen MR) is 103 cm³/mol. The summed E-state index contributed by atoms with van der Waals surface area (Å²) in [5.74, 6) is 2.25. The predicted octanol–water partition coefficient (Wildman–Crippen LogP) is 3.92. The van der Waals surface area contributed by atoms with Crippen molar-refractivity contribution >= 4 is 17.6 Å². The van der Waals surface area contributed by atoms with E-state index in [0.29, 0.717) is 12.4 Å². The first-order valence-corrected chi connectivity index (χ1v) is 8.98. The average Bonchev–Trinajstić information content (AvgIpc) is 3.04. The molecule has 0 saturated heterocycles. The van der Waals surface area contributed by atoms with Gasteiger partial charge in [0.25, 0.3) is 0 Å². The minimum atomic E-state index is -0.0453. The van der Waals surface area contributed by atoms with E-state index in [-0.39, 0.29) is 5.41 Å². The molecular weight excluding hydrogens is 336 g/mol. The summed E-state index contributed by atoms with van der Waals surface area (Å²) in [6, 6.07) is 7.89. The van der Waals surface area contributed by atoms with Gasteiger partial charge in [-0.3, -0.25) is 0 Å². The van der Waals surface area contributed by atoms with E-state index < -0.39 is 0 Å². The minimum absolute atomic E-state index is 0.0453. The van der Waals surface area contributed by atoms with Crippen LogP contribution in [-0.4, -0.2) is 24.0 Å². The first-order chi connectivity index (χ1) is 11.9. The Labute approximate surface area is 154 Å². The molecule has 0 aliphatic rings. The zero-order valence-electron chi connectivity index (χ0n) is 15.4. The highest BCUT2D eigenvalue weighted by atomic mass is 35.5. The van der Waals surface area contributed by atoms with Crippen LogP contribution in [0.5, 0.6) is 0 Å². The van der Waals surface area contributed by atoms with Crippen LogP contribution in [-0.2, 0) is 18.4 Å². The molecule has 0 unspecified atom stereocenters. The largest absolute Gasteiger partial charge is 0.443 e. The number of oxazole rings is 1. The molecule has 2 N–H and O–H groups in total. The van der Waals surface area contributed by atoms with Gasteiger partial charge in [-0.1, -0.05) is 44.5 Å². The van der Waals surface area contributed by atoms with Crippen molar-refractivity contribution in [2.45, 2.75) is 46.1 Å². The third-order valence-electron chi connectivity index (χ3n) is 3.63. The maximum Gasteiger partial charge on any atom is 0.216 e. The summed E-state index contributed by atoms with van der Waals surface area (Å²) < 4.78 is 5.78. The third-order valence-corrected chi connectivity index (χ3v) is 3.88. The second-order valence-corrected chi connectivity index (χ2v) is 7.30. The van der Waals surface area contributed by atoms with Gasteiger partial charge in [-0.05, 0) is 31.0 Å². The van der Waals surface area contributed by atoms with E-state index in [1.165, 1.54) is 5.56 Å². The molecule has 0 bridgehead atoms. The summed E-state index contributed by atoms with van der Waals surface area (Å²) in [7, 11) is 0. The van der Waals surface area contributed by atoms with Crippen molar-refractivity contribution in [1.82, 2.24) is 15.6 Å². The highest BCUT2D eigenvalue weighted by molar-refractivity contribution is 6.30. The Bertz CT molecular complexity index is 686. The van der Waals surface area contributed by atoms with E-state index in [1.807, 2.05) is 31.2 Å². The van der Waals surface area contributed by atoms with Crippen LogP contribution >= 0.6 is 11.6 Å². The number of hydrogen-bond donors (Lipinski definition) is 2. The standard InChI is InChI=1S/C19H27ClN4O/c1-5-21-18(22-11-10-14-6-8-15(20)9-7-14)24-13-17-23-12-16(25-17)19(2,3)4/h6-9,12H,5,10-11,13H2,1-4H3,(H2,21,22,24). The van der Waals surface area contributed by atoms with Crippen LogP contribution in [0, 0.1) is 0 Å². The van der Waals surface area contributed by atoms with E-state index >= 15 is 0 Å². The molecular formula is C19H27ClN4O.